The minimum absolute atomic E-state index is 0.0286. The predicted molar refractivity (Wildman–Crippen MR) is 79.8 cm³/mol. The predicted octanol–water partition coefficient (Wildman–Crippen LogP) is 2.44. The van der Waals surface area contributed by atoms with Crippen LogP contribution < -0.4 is 5.32 Å². The van der Waals surface area contributed by atoms with Gasteiger partial charge in [0.2, 0.25) is 0 Å². The Morgan fingerprint density at radius 1 is 1.45 bits per heavy atom. The van der Waals surface area contributed by atoms with Gasteiger partial charge in [-0.1, -0.05) is 12.0 Å². The molecule has 0 saturated heterocycles. The van der Waals surface area contributed by atoms with Crippen LogP contribution in [0.3, 0.4) is 0 Å². The Morgan fingerprint density at radius 2 is 2.30 bits per heavy atom. The summed E-state index contributed by atoms with van der Waals surface area (Å²) in [5.41, 5.74) is 2.18. The van der Waals surface area contributed by atoms with Crippen molar-refractivity contribution in [1.29, 1.82) is 0 Å². The summed E-state index contributed by atoms with van der Waals surface area (Å²) >= 11 is 1.49. The summed E-state index contributed by atoms with van der Waals surface area (Å²) in [7, 11) is 0. The van der Waals surface area contributed by atoms with E-state index in [0.29, 0.717) is 23.5 Å². The molecule has 4 nitrogen and oxygen atoms in total. The molecule has 0 aliphatic rings. The first kappa shape index (κ1) is 14.3. The summed E-state index contributed by atoms with van der Waals surface area (Å²) in [5.74, 6) is 5.93. The van der Waals surface area contributed by atoms with Gasteiger partial charge in [-0.05, 0) is 35.9 Å². The van der Waals surface area contributed by atoms with Gasteiger partial charge in [0.15, 0.2) is 0 Å². The van der Waals surface area contributed by atoms with Gasteiger partial charge in [-0.2, -0.15) is 11.3 Å². The second kappa shape index (κ2) is 6.85. The lowest BCUT2D eigenvalue weighted by Crippen LogP contribution is -2.13. The fourth-order valence-corrected chi connectivity index (χ4v) is 2.39. The van der Waals surface area contributed by atoms with E-state index in [-0.39, 0.29) is 12.5 Å². The van der Waals surface area contributed by atoms with Crippen LogP contribution in [0.4, 0.5) is 5.82 Å². The van der Waals surface area contributed by atoms with Crippen molar-refractivity contribution in [1.82, 2.24) is 4.98 Å². The number of aliphatic hydroxyl groups is 1. The largest absolute Gasteiger partial charge is 0.395 e. The molecule has 5 heteroatoms. The van der Waals surface area contributed by atoms with Crippen molar-refractivity contribution in [3.8, 4) is 11.8 Å². The van der Waals surface area contributed by atoms with E-state index in [4.69, 9.17) is 5.11 Å². The number of aliphatic hydroxyl groups excluding tert-OH is 1. The van der Waals surface area contributed by atoms with Crippen molar-refractivity contribution in [3.63, 3.8) is 0 Å². The number of amides is 1. The van der Waals surface area contributed by atoms with Gasteiger partial charge in [-0.15, -0.1) is 0 Å². The van der Waals surface area contributed by atoms with Crippen molar-refractivity contribution in [3.05, 3.63) is 45.8 Å². The SMILES string of the molecule is Cc1cscc1C(=O)Nc1cccc(C#CCCO)n1. The van der Waals surface area contributed by atoms with Gasteiger partial charge in [-0.3, -0.25) is 4.79 Å². The molecular weight excluding hydrogens is 272 g/mol. The molecule has 102 valence electrons. The Morgan fingerprint density at radius 3 is 3.00 bits per heavy atom. The van der Waals surface area contributed by atoms with E-state index in [1.54, 1.807) is 18.2 Å². The van der Waals surface area contributed by atoms with Crippen molar-refractivity contribution in [2.45, 2.75) is 13.3 Å². The van der Waals surface area contributed by atoms with Gasteiger partial charge in [0.25, 0.3) is 5.91 Å². The molecular formula is C15H14N2O2S. The monoisotopic (exact) mass is 286 g/mol. The van der Waals surface area contributed by atoms with E-state index in [1.165, 1.54) is 11.3 Å². The first-order valence-corrected chi connectivity index (χ1v) is 7.06. The molecule has 1 amide bonds. The van der Waals surface area contributed by atoms with Gasteiger partial charge >= 0.3 is 0 Å². The molecule has 0 aliphatic heterocycles. The first-order valence-electron chi connectivity index (χ1n) is 6.11. The molecule has 2 rings (SSSR count). The number of hydrogen-bond acceptors (Lipinski definition) is 4. The zero-order chi connectivity index (χ0) is 14.4. The van der Waals surface area contributed by atoms with Gasteiger partial charge < -0.3 is 10.4 Å². The number of hydrogen-bond donors (Lipinski definition) is 2. The van der Waals surface area contributed by atoms with Crippen LogP contribution in [-0.2, 0) is 0 Å². The van der Waals surface area contributed by atoms with Gasteiger partial charge in [-0.25, -0.2) is 4.98 Å². The van der Waals surface area contributed by atoms with Crippen LogP contribution in [0.5, 0.6) is 0 Å². The highest BCUT2D eigenvalue weighted by molar-refractivity contribution is 7.08. The number of thiophene rings is 1. The molecule has 20 heavy (non-hydrogen) atoms. The van der Waals surface area contributed by atoms with E-state index >= 15 is 0 Å². The molecule has 0 aromatic carbocycles. The highest BCUT2D eigenvalue weighted by Gasteiger charge is 2.10. The van der Waals surface area contributed by atoms with Crippen molar-refractivity contribution in [2.75, 3.05) is 11.9 Å². The van der Waals surface area contributed by atoms with Crippen LogP contribution in [0.2, 0.25) is 0 Å². The Labute approximate surface area is 121 Å². The molecule has 0 radical (unpaired) electrons. The number of nitrogens with one attached hydrogen (secondary N) is 1. The lowest BCUT2D eigenvalue weighted by atomic mass is 10.2. The molecule has 2 aromatic heterocycles. The summed E-state index contributed by atoms with van der Waals surface area (Å²) in [6, 6.07) is 5.26. The quantitative estimate of drug-likeness (QED) is 0.852. The highest BCUT2D eigenvalue weighted by atomic mass is 32.1. The van der Waals surface area contributed by atoms with Crippen LogP contribution >= 0.6 is 11.3 Å². The van der Waals surface area contributed by atoms with Crippen LogP contribution in [-0.4, -0.2) is 22.6 Å². The normalized spacial score (nSPS) is 9.70. The summed E-state index contributed by atoms with van der Waals surface area (Å²) in [6.07, 6.45) is 0.409. The first-order chi connectivity index (χ1) is 9.70. The lowest BCUT2D eigenvalue weighted by molar-refractivity contribution is 0.102. The third-order valence-corrected chi connectivity index (χ3v) is 3.41. The minimum atomic E-state index is -0.170. The standard InChI is InChI=1S/C15H14N2O2S/c1-11-9-20-10-13(11)15(19)17-14-7-4-6-12(16-14)5-2-3-8-18/h4,6-7,9-10,18H,3,8H2,1H3,(H,16,17,19). The molecule has 2 N–H and O–H groups in total. The van der Waals surface area contributed by atoms with Gasteiger partial charge in [0.05, 0.1) is 12.2 Å². The van der Waals surface area contributed by atoms with E-state index in [2.05, 4.69) is 22.1 Å². The Kier molecular flexibility index (Phi) is 4.88. The number of carbonyl (C=O) groups excluding carboxylic acids is 1. The van der Waals surface area contributed by atoms with Crippen molar-refractivity contribution < 1.29 is 9.90 Å². The lowest BCUT2D eigenvalue weighted by Gasteiger charge is -2.04. The van der Waals surface area contributed by atoms with Gasteiger partial charge in [0.1, 0.15) is 11.5 Å². The average Bonchev–Trinajstić information content (AvgIpc) is 2.86. The summed E-state index contributed by atoms with van der Waals surface area (Å²) in [5, 5.41) is 15.2. The maximum absolute atomic E-state index is 12.1. The van der Waals surface area contributed by atoms with E-state index in [0.717, 1.165) is 5.56 Å². The van der Waals surface area contributed by atoms with E-state index in [1.807, 2.05) is 17.7 Å². The number of carbonyl (C=O) groups is 1. The third kappa shape index (κ3) is 3.67. The molecule has 0 fully saturated rings. The van der Waals surface area contributed by atoms with Crippen molar-refractivity contribution >= 4 is 23.1 Å². The van der Waals surface area contributed by atoms with Crippen LogP contribution in [0.25, 0.3) is 0 Å². The Balaban J connectivity index is 2.11. The third-order valence-electron chi connectivity index (χ3n) is 2.54. The number of aromatic nitrogens is 1. The molecule has 0 saturated carbocycles. The number of anilines is 1. The smallest absolute Gasteiger partial charge is 0.257 e. The second-order valence-electron chi connectivity index (χ2n) is 4.11. The highest BCUT2D eigenvalue weighted by Crippen LogP contribution is 2.15. The van der Waals surface area contributed by atoms with Crippen molar-refractivity contribution in [2.24, 2.45) is 0 Å². The molecule has 0 unspecified atom stereocenters. The second-order valence-corrected chi connectivity index (χ2v) is 4.85. The minimum Gasteiger partial charge on any atom is -0.395 e. The number of aryl methyl sites for hydroxylation is 1. The molecule has 0 bridgehead atoms. The summed E-state index contributed by atoms with van der Waals surface area (Å²) < 4.78 is 0. The van der Waals surface area contributed by atoms with E-state index < -0.39 is 0 Å². The maximum atomic E-state index is 12.1. The zero-order valence-electron chi connectivity index (χ0n) is 11.0. The summed E-state index contributed by atoms with van der Waals surface area (Å²) in [6.45, 7) is 1.93. The molecule has 0 aliphatic carbocycles. The van der Waals surface area contributed by atoms with E-state index in [9.17, 15) is 4.79 Å². The molecule has 2 aromatic rings. The van der Waals surface area contributed by atoms with Crippen LogP contribution in [0.1, 0.15) is 28.0 Å². The molecule has 2 heterocycles. The fraction of sp³-hybridized carbons (Fsp3) is 0.200. The number of nitrogens with zero attached hydrogens (tertiary/aromatic N) is 1. The average molecular weight is 286 g/mol. The van der Waals surface area contributed by atoms with Crippen LogP contribution in [0, 0.1) is 18.8 Å². The Bertz CT molecular complexity index is 668. The fourth-order valence-electron chi connectivity index (χ4n) is 1.56. The molecule has 0 spiro atoms. The Hall–Kier alpha value is -2.16. The van der Waals surface area contributed by atoms with Crippen LogP contribution in [0.15, 0.2) is 29.0 Å². The number of pyridine rings is 1. The topological polar surface area (TPSA) is 62.2 Å². The summed E-state index contributed by atoms with van der Waals surface area (Å²) in [4.78, 5) is 16.3. The number of rotatable bonds is 3. The maximum Gasteiger partial charge on any atom is 0.257 e. The van der Waals surface area contributed by atoms with Gasteiger partial charge in [0, 0.05) is 11.8 Å². The zero-order valence-corrected chi connectivity index (χ0v) is 11.8. The molecule has 0 atom stereocenters.